The number of pyridine rings is 1. The van der Waals surface area contributed by atoms with Crippen molar-refractivity contribution in [3.8, 4) is 11.9 Å². The molecule has 1 aromatic rings. The standard InChI is InChI=1S/C12H14N4O3/c13-7-10-11(16(17)18)1-2-12(15-10)19-6-4-9-3-5-14-8-9/h1-2,9,14H,3-6,8H2. The van der Waals surface area contributed by atoms with Crippen molar-refractivity contribution in [2.45, 2.75) is 12.8 Å². The Morgan fingerprint density at radius 1 is 1.63 bits per heavy atom. The summed E-state index contributed by atoms with van der Waals surface area (Å²) in [5.41, 5.74) is -0.514. The van der Waals surface area contributed by atoms with Crippen LogP contribution in [0.1, 0.15) is 18.5 Å². The summed E-state index contributed by atoms with van der Waals surface area (Å²) in [5.74, 6) is 0.863. The van der Waals surface area contributed by atoms with Crippen LogP contribution < -0.4 is 10.1 Å². The van der Waals surface area contributed by atoms with Crippen molar-refractivity contribution < 1.29 is 9.66 Å². The second-order valence-corrected chi connectivity index (χ2v) is 4.38. The van der Waals surface area contributed by atoms with E-state index in [9.17, 15) is 10.1 Å². The first-order valence-corrected chi connectivity index (χ1v) is 6.09. The minimum atomic E-state index is -0.625. The molecule has 7 heteroatoms. The number of nitrogens with one attached hydrogen (secondary N) is 1. The maximum Gasteiger partial charge on any atom is 0.305 e. The molecule has 1 aliphatic rings. The van der Waals surface area contributed by atoms with Crippen LogP contribution >= 0.6 is 0 Å². The number of hydrogen-bond acceptors (Lipinski definition) is 6. The fourth-order valence-electron chi connectivity index (χ4n) is 2.03. The van der Waals surface area contributed by atoms with Crippen LogP contribution in [0.2, 0.25) is 0 Å². The molecule has 2 heterocycles. The Bertz CT molecular complexity index is 506. The third-order valence-electron chi connectivity index (χ3n) is 3.09. The highest BCUT2D eigenvalue weighted by molar-refractivity contribution is 5.45. The van der Waals surface area contributed by atoms with E-state index in [1.54, 1.807) is 6.07 Å². The number of aromatic nitrogens is 1. The number of rotatable bonds is 5. The molecule has 1 unspecified atom stereocenters. The number of nitro groups is 1. The van der Waals surface area contributed by atoms with Crippen LogP contribution in [-0.4, -0.2) is 29.6 Å². The molecule has 0 amide bonds. The van der Waals surface area contributed by atoms with Gasteiger partial charge in [-0.3, -0.25) is 10.1 Å². The molecule has 0 aliphatic carbocycles. The van der Waals surface area contributed by atoms with Gasteiger partial charge in [-0.15, -0.1) is 0 Å². The predicted molar refractivity (Wildman–Crippen MR) is 66.7 cm³/mol. The van der Waals surface area contributed by atoms with E-state index >= 15 is 0 Å². The summed E-state index contributed by atoms with van der Waals surface area (Å²) in [6.07, 6.45) is 2.05. The van der Waals surface area contributed by atoms with Gasteiger partial charge in [-0.05, 0) is 31.8 Å². The van der Waals surface area contributed by atoms with Gasteiger partial charge in [-0.25, -0.2) is 0 Å². The quantitative estimate of drug-likeness (QED) is 0.632. The first-order chi connectivity index (χ1) is 9.20. The van der Waals surface area contributed by atoms with Crippen LogP contribution in [-0.2, 0) is 0 Å². The van der Waals surface area contributed by atoms with Crippen LogP contribution in [0, 0.1) is 27.4 Å². The Labute approximate surface area is 110 Å². The number of nitriles is 1. The second-order valence-electron chi connectivity index (χ2n) is 4.38. The van der Waals surface area contributed by atoms with E-state index in [0.717, 1.165) is 25.9 Å². The summed E-state index contributed by atoms with van der Waals surface area (Å²) in [7, 11) is 0. The zero-order chi connectivity index (χ0) is 13.7. The zero-order valence-electron chi connectivity index (χ0n) is 10.3. The van der Waals surface area contributed by atoms with Crippen LogP contribution in [0.3, 0.4) is 0 Å². The maximum atomic E-state index is 10.6. The predicted octanol–water partition coefficient (Wildman–Crippen LogP) is 1.24. The molecule has 0 radical (unpaired) electrons. The van der Waals surface area contributed by atoms with E-state index in [1.807, 2.05) is 0 Å². The molecule has 0 spiro atoms. The molecule has 1 atom stereocenters. The first kappa shape index (κ1) is 13.2. The maximum absolute atomic E-state index is 10.6. The summed E-state index contributed by atoms with van der Waals surface area (Å²) in [5, 5.41) is 22.7. The monoisotopic (exact) mass is 262 g/mol. The minimum absolute atomic E-state index is 0.218. The summed E-state index contributed by atoms with van der Waals surface area (Å²) in [4.78, 5) is 13.9. The van der Waals surface area contributed by atoms with E-state index in [0.29, 0.717) is 12.5 Å². The Hall–Kier alpha value is -2.20. The van der Waals surface area contributed by atoms with Gasteiger partial charge in [0.2, 0.25) is 11.6 Å². The Morgan fingerprint density at radius 3 is 3.11 bits per heavy atom. The van der Waals surface area contributed by atoms with Crippen molar-refractivity contribution in [1.82, 2.24) is 10.3 Å². The molecule has 0 bridgehead atoms. The second kappa shape index (κ2) is 6.11. The van der Waals surface area contributed by atoms with Gasteiger partial charge >= 0.3 is 5.69 Å². The molecule has 1 aromatic heterocycles. The lowest BCUT2D eigenvalue weighted by Gasteiger charge is -2.09. The van der Waals surface area contributed by atoms with Crippen LogP contribution in [0.25, 0.3) is 0 Å². The number of hydrogen-bond donors (Lipinski definition) is 1. The van der Waals surface area contributed by atoms with Gasteiger partial charge in [0.15, 0.2) is 0 Å². The third-order valence-corrected chi connectivity index (χ3v) is 3.09. The fourth-order valence-corrected chi connectivity index (χ4v) is 2.03. The summed E-state index contributed by atoms with van der Waals surface area (Å²) in [6.45, 7) is 2.54. The largest absolute Gasteiger partial charge is 0.478 e. The normalized spacial score (nSPS) is 17.9. The molecule has 1 saturated heterocycles. The zero-order valence-corrected chi connectivity index (χ0v) is 10.3. The average Bonchev–Trinajstić information content (AvgIpc) is 2.91. The Balaban J connectivity index is 1.93. The highest BCUT2D eigenvalue weighted by Gasteiger charge is 2.17. The van der Waals surface area contributed by atoms with Crippen molar-refractivity contribution in [1.29, 1.82) is 5.26 Å². The molecular weight excluding hydrogens is 248 g/mol. The highest BCUT2D eigenvalue weighted by atomic mass is 16.6. The smallest absolute Gasteiger partial charge is 0.305 e. The molecule has 19 heavy (non-hydrogen) atoms. The van der Waals surface area contributed by atoms with Crippen LogP contribution in [0.5, 0.6) is 5.88 Å². The first-order valence-electron chi connectivity index (χ1n) is 6.09. The van der Waals surface area contributed by atoms with Crippen LogP contribution in [0.4, 0.5) is 5.69 Å². The van der Waals surface area contributed by atoms with Crippen molar-refractivity contribution in [3.63, 3.8) is 0 Å². The topological polar surface area (TPSA) is 101 Å². The number of nitrogens with zero attached hydrogens (tertiary/aromatic N) is 3. The lowest BCUT2D eigenvalue weighted by molar-refractivity contribution is -0.385. The SMILES string of the molecule is N#Cc1nc(OCCC2CCNC2)ccc1[N+](=O)[O-]. The van der Waals surface area contributed by atoms with Gasteiger partial charge in [0.05, 0.1) is 11.5 Å². The third kappa shape index (κ3) is 3.39. The van der Waals surface area contributed by atoms with Crippen molar-refractivity contribution >= 4 is 5.69 Å². The Morgan fingerprint density at radius 2 is 2.47 bits per heavy atom. The fraction of sp³-hybridized carbons (Fsp3) is 0.500. The lowest BCUT2D eigenvalue weighted by Crippen LogP contribution is -2.12. The minimum Gasteiger partial charge on any atom is -0.478 e. The molecule has 100 valence electrons. The van der Waals surface area contributed by atoms with Gasteiger partial charge in [0.25, 0.3) is 0 Å². The lowest BCUT2D eigenvalue weighted by atomic mass is 10.1. The van der Waals surface area contributed by atoms with Crippen molar-refractivity contribution in [2.24, 2.45) is 5.92 Å². The van der Waals surface area contributed by atoms with E-state index < -0.39 is 4.92 Å². The summed E-state index contributed by atoms with van der Waals surface area (Å²) < 4.78 is 5.43. The average molecular weight is 262 g/mol. The van der Waals surface area contributed by atoms with E-state index in [4.69, 9.17) is 10.00 Å². The Kier molecular flexibility index (Phi) is 4.26. The van der Waals surface area contributed by atoms with Crippen molar-refractivity contribution in [3.05, 3.63) is 27.9 Å². The molecule has 2 rings (SSSR count). The van der Waals surface area contributed by atoms with E-state index in [-0.39, 0.29) is 17.3 Å². The summed E-state index contributed by atoms with van der Waals surface area (Å²) in [6, 6.07) is 4.38. The molecule has 0 saturated carbocycles. The summed E-state index contributed by atoms with van der Waals surface area (Å²) >= 11 is 0. The molecule has 0 aromatic carbocycles. The van der Waals surface area contributed by atoms with Gasteiger partial charge in [-0.2, -0.15) is 10.2 Å². The molecular formula is C12H14N4O3. The van der Waals surface area contributed by atoms with Gasteiger partial charge < -0.3 is 10.1 Å². The van der Waals surface area contributed by atoms with Gasteiger partial charge in [0, 0.05) is 12.1 Å². The molecule has 1 fully saturated rings. The molecule has 1 N–H and O–H groups in total. The van der Waals surface area contributed by atoms with Gasteiger partial charge in [0.1, 0.15) is 6.07 Å². The van der Waals surface area contributed by atoms with Gasteiger partial charge in [-0.1, -0.05) is 0 Å². The molecule has 7 nitrogen and oxygen atoms in total. The number of ether oxygens (including phenoxy) is 1. The molecule has 1 aliphatic heterocycles. The highest BCUT2D eigenvalue weighted by Crippen LogP contribution is 2.20. The van der Waals surface area contributed by atoms with Crippen molar-refractivity contribution in [2.75, 3.05) is 19.7 Å². The van der Waals surface area contributed by atoms with Crippen LogP contribution in [0.15, 0.2) is 12.1 Å². The van der Waals surface area contributed by atoms with E-state index in [2.05, 4.69) is 10.3 Å². The van der Waals surface area contributed by atoms with E-state index in [1.165, 1.54) is 12.1 Å².